The predicted molar refractivity (Wildman–Crippen MR) is 74.5 cm³/mol. The molecule has 0 radical (unpaired) electrons. The van der Waals surface area contributed by atoms with Crippen LogP contribution in [0.5, 0.6) is 0 Å². The van der Waals surface area contributed by atoms with E-state index in [1.165, 1.54) is 10.1 Å². The summed E-state index contributed by atoms with van der Waals surface area (Å²) < 4.78 is 1.23. The number of likely N-dealkylation sites (N-methyl/N-ethyl adjacent to an activating group) is 1. The summed E-state index contributed by atoms with van der Waals surface area (Å²) in [5.74, 6) is 0. The SMILES string of the molecule is CCNC(C)C(C)(O)c1cc2ccccc2s1. The molecular weight excluding hydrogens is 230 g/mol. The lowest BCUT2D eigenvalue weighted by Gasteiger charge is -2.29. The van der Waals surface area contributed by atoms with Crippen LogP contribution in [0.4, 0.5) is 0 Å². The monoisotopic (exact) mass is 249 g/mol. The van der Waals surface area contributed by atoms with Crippen LogP contribution < -0.4 is 5.32 Å². The van der Waals surface area contributed by atoms with E-state index in [2.05, 4.69) is 30.4 Å². The van der Waals surface area contributed by atoms with Crippen LogP contribution >= 0.6 is 11.3 Å². The van der Waals surface area contributed by atoms with Gasteiger partial charge in [-0.25, -0.2) is 0 Å². The maximum Gasteiger partial charge on any atom is 0.111 e. The van der Waals surface area contributed by atoms with E-state index in [1.54, 1.807) is 11.3 Å². The molecule has 2 N–H and O–H groups in total. The van der Waals surface area contributed by atoms with Gasteiger partial charge in [-0.1, -0.05) is 25.1 Å². The quantitative estimate of drug-likeness (QED) is 0.872. The van der Waals surface area contributed by atoms with Gasteiger partial charge in [-0.15, -0.1) is 11.3 Å². The van der Waals surface area contributed by atoms with Gasteiger partial charge in [-0.05, 0) is 37.9 Å². The summed E-state index contributed by atoms with van der Waals surface area (Å²) in [5, 5.41) is 15.1. The first kappa shape index (κ1) is 12.6. The van der Waals surface area contributed by atoms with Gasteiger partial charge in [0, 0.05) is 15.6 Å². The Labute approximate surface area is 106 Å². The lowest BCUT2D eigenvalue weighted by molar-refractivity contribution is 0.0258. The second-order valence-corrected chi connectivity index (χ2v) is 5.66. The van der Waals surface area contributed by atoms with E-state index in [1.807, 2.05) is 26.0 Å². The highest BCUT2D eigenvalue weighted by molar-refractivity contribution is 7.19. The molecule has 2 rings (SSSR count). The Bertz CT molecular complexity index is 471. The van der Waals surface area contributed by atoms with Crippen LogP contribution in [-0.2, 0) is 5.60 Å². The van der Waals surface area contributed by atoms with Crippen molar-refractivity contribution in [2.24, 2.45) is 0 Å². The molecule has 92 valence electrons. The molecule has 0 aliphatic heterocycles. The Morgan fingerprint density at radius 2 is 2.12 bits per heavy atom. The molecule has 0 saturated carbocycles. The molecule has 3 heteroatoms. The van der Waals surface area contributed by atoms with Crippen molar-refractivity contribution in [2.75, 3.05) is 6.54 Å². The molecule has 1 aromatic heterocycles. The summed E-state index contributed by atoms with van der Waals surface area (Å²) in [4.78, 5) is 1.02. The second kappa shape index (κ2) is 4.77. The molecule has 2 aromatic rings. The minimum atomic E-state index is -0.820. The molecule has 0 saturated heterocycles. The highest BCUT2D eigenvalue weighted by atomic mass is 32.1. The zero-order valence-corrected chi connectivity index (χ0v) is 11.3. The van der Waals surface area contributed by atoms with E-state index in [0.717, 1.165) is 11.4 Å². The number of fused-ring (bicyclic) bond motifs is 1. The summed E-state index contributed by atoms with van der Waals surface area (Å²) in [6.45, 7) is 6.82. The van der Waals surface area contributed by atoms with Crippen LogP contribution in [0, 0.1) is 0 Å². The van der Waals surface area contributed by atoms with E-state index in [-0.39, 0.29) is 6.04 Å². The van der Waals surface area contributed by atoms with Crippen molar-refractivity contribution in [1.29, 1.82) is 0 Å². The van der Waals surface area contributed by atoms with Gasteiger partial charge in [0.15, 0.2) is 0 Å². The van der Waals surface area contributed by atoms with Gasteiger partial charge >= 0.3 is 0 Å². The molecule has 0 aliphatic rings. The van der Waals surface area contributed by atoms with Crippen LogP contribution in [0.1, 0.15) is 25.6 Å². The normalized spacial score (nSPS) is 16.9. The third-order valence-electron chi connectivity index (χ3n) is 3.28. The van der Waals surface area contributed by atoms with Crippen molar-refractivity contribution in [3.63, 3.8) is 0 Å². The van der Waals surface area contributed by atoms with E-state index < -0.39 is 5.60 Å². The number of hydrogen-bond donors (Lipinski definition) is 2. The van der Waals surface area contributed by atoms with Gasteiger partial charge in [-0.3, -0.25) is 0 Å². The van der Waals surface area contributed by atoms with Gasteiger partial charge < -0.3 is 10.4 Å². The first-order valence-corrected chi connectivity index (χ1v) is 6.82. The number of nitrogens with one attached hydrogen (secondary N) is 1. The van der Waals surface area contributed by atoms with E-state index in [4.69, 9.17) is 0 Å². The lowest BCUT2D eigenvalue weighted by atomic mass is 9.95. The van der Waals surface area contributed by atoms with E-state index in [9.17, 15) is 5.11 Å². The molecule has 1 aromatic carbocycles. The summed E-state index contributed by atoms with van der Waals surface area (Å²) >= 11 is 1.67. The number of rotatable bonds is 4. The van der Waals surface area contributed by atoms with Gasteiger partial charge in [0.2, 0.25) is 0 Å². The van der Waals surface area contributed by atoms with Crippen LogP contribution in [0.25, 0.3) is 10.1 Å². The molecule has 2 atom stereocenters. The number of thiophene rings is 1. The standard InChI is InChI=1S/C14H19NOS/c1-4-15-10(2)14(3,16)13-9-11-7-5-6-8-12(11)17-13/h5-10,15-16H,4H2,1-3H3. The maximum absolute atomic E-state index is 10.6. The second-order valence-electron chi connectivity index (χ2n) is 4.58. The molecule has 2 unspecified atom stereocenters. The van der Waals surface area contributed by atoms with Crippen LogP contribution in [0.3, 0.4) is 0 Å². The Morgan fingerprint density at radius 1 is 1.41 bits per heavy atom. The van der Waals surface area contributed by atoms with Crippen molar-refractivity contribution in [3.05, 3.63) is 35.2 Å². The van der Waals surface area contributed by atoms with E-state index in [0.29, 0.717) is 0 Å². The Morgan fingerprint density at radius 3 is 2.76 bits per heavy atom. The highest BCUT2D eigenvalue weighted by Gasteiger charge is 2.31. The van der Waals surface area contributed by atoms with Gasteiger partial charge in [0.1, 0.15) is 5.60 Å². The zero-order valence-electron chi connectivity index (χ0n) is 10.5. The van der Waals surface area contributed by atoms with Crippen LogP contribution in [-0.4, -0.2) is 17.7 Å². The molecule has 0 fully saturated rings. The first-order chi connectivity index (χ1) is 8.05. The third kappa shape index (κ3) is 2.37. The highest BCUT2D eigenvalue weighted by Crippen LogP contribution is 2.34. The number of hydrogen-bond acceptors (Lipinski definition) is 3. The maximum atomic E-state index is 10.6. The lowest BCUT2D eigenvalue weighted by Crippen LogP contribution is -2.43. The largest absolute Gasteiger partial charge is 0.383 e. The van der Waals surface area contributed by atoms with Crippen molar-refractivity contribution in [1.82, 2.24) is 5.32 Å². The van der Waals surface area contributed by atoms with Gasteiger partial charge in [0.25, 0.3) is 0 Å². The minimum Gasteiger partial charge on any atom is -0.383 e. The average molecular weight is 249 g/mol. The molecular formula is C14H19NOS. The molecule has 1 heterocycles. The van der Waals surface area contributed by atoms with Crippen molar-refractivity contribution < 1.29 is 5.11 Å². The zero-order chi connectivity index (χ0) is 12.5. The molecule has 0 bridgehead atoms. The summed E-state index contributed by atoms with van der Waals surface area (Å²) in [6.07, 6.45) is 0. The molecule has 0 amide bonds. The number of benzene rings is 1. The van der Waals surface area contributed by atoms with Gasteiger partial charge in [0.05, 0.1) is 0 Å². The molecule has 2 nitrogen and oxygen atoms in total. The average Bonchev–Trinajstić information content (AvgIpc) is 2.73. The predicted octanol–water partition coefficient (Wildman–Crippen LogP) is 3.11. The Hall–Kier alpha value is -0.900. The molecule has 0 spiro atoms. The first-order valence-electron chi connectivity index (χ1n) is 6.00. The van der Waals surface area contributed by atoms with Crippen LogP contribution in [0.15, 0.2) is 30.3 Å². The smallest absolute Gasteiger partial charge is 0.111 e. The van der Waals surface area contributed by atoms with Crippen LogP contribution in [0.2, 0.25) is 0 Å². The van der Waals surface area contributed by atoms with E-state index >= 15 is 0 Å². The Balaban J connectivity index is 2.38. The summed E-state index contributed by atoms with van der Waals surface area (Å²) in [5.41, 5.74) is -0.820. The summed E-state index contributed by atoms with van der Waals surface area (Å²) in [7, 11) is 0. The fraction of sp³-hybridized carbons (Fsp3) is 0.429. The van der Waals surface area contributed by atoms with Crippen molar-refractivity contribution in [2.45, 2.75) is 32.4 Å². The van der Waals surface area contributed by atoms with Crippen molar-refractivity contribution >= 4 is 21.4 Å². The summed E-state index contributed by atoms with van der Waals surface area (Å²) in [6, 6.07) is 10.4. The fourth-order valence-corrected chi connectivity index (χ4v) is 3.15. The van der Waals surface area contributed by atoms with Gasteiger partial charge in [-0.2, -0.15) is 0 Å². The molecule has 0 aliphatic carbocycles. The third-order valence-corrected chi connectivity index (χ3v) is 4.62. The Kier molecular flexibility index (Phi) is 3.52. The number of aliphatic hydroxyl groups is 1. The topological polar surface area (TPSA) is 32.3 Å². The fourth-order valence-electron chi connectivity index (χ4n) is 1.95. The van der Waals surface area contributed by atoms with Crippen molar-refractivity contribution in [3.8, 4) is 0 Å². The minimum absolute atomic E-state index is 0.0422. The molecule has 17 heavy (non-hydrogen) atoms.